The fourth-order valence-corrected chi connectivity index (χ4v) is 2.85. The lowest BCUT2D eigenvalue weighted by Crippen LogP contribution is -2.33. The number of hydrogen-bond acceptors (Lipinski definition) is 5. The molecule has 0 bridgehead atoms. The molecule has 1 amide bonds. The molecule has 0 aliphatic heterocycles. The van der Waals surface area contributed by atoms with E-state index in [0.717, 1.165) is 36.1 Å². The zero-order valence-corrected chi connectivity index (χ0v) is 15.2. The van der Waals surface area contributed by atoms with E-state index in [-0.39, 0.29) is 11.9 Å². The maximum absolute atomic E-state index is 12.7. The van der Waals surface area contributed by atoms with Crippen molar-refractivity contribution in [3.8, 4) is 0 Å². The minimum Gasteiger partial charge on any atom is -0.383 e. The average Bonchev–Trinajstić information content (AvgIpc) is 3.35. The first-order chi connectivity index (χ1) is 12.1. The third kappa shape index (κ3) is 4.16. The van der Waals surface area contributed by atoms with E-state index in [4.69, 9.17) is 9.72 Å². The summed E-state index contributed by atoms with van der Waals surface area (Å²) in [4.78, 5) is 17.5. The van der Waals surface area contributed by atoms with E-state index in [1.165, 1.54) is 0 Å². The number of methoxy groups -OCH3 is 1. The Morgan fingerprint density at radius 1 is 1.36 bits per heavy atom. The Balaban J connectivity index is 1.76. The number of nitrogens with one attached hydrogen (secondary N) is 2. The van der Waals surface area contributed by atoms with Crippen LogP contribution in [0.4, 0.5) is 0 Å². The molecule has 1 fully saturated rings. The van der Waals surface area contributed by atoms with Crippen molar-refractivity contribution in [2.24, 2.45) is 0 Å². The summed E-state index contributed by atoms with van der Waals surface area (Å²) < 4.78 is 6.88. The SMILES string of the molecule is COCCNCCNC(=O)c1cc(C2CC2)nc2c1cnn2C(C)C. The summed E-state index contributed by atoms with van der Waals surface area (Å²) in [6.07, 6.45) is 4.06. The molecule has 3 rings (SSSR count). The third-order valence-corrected chi connectivity index (χ3v) is 4.39. The maximum atomic E-state index is 12.7. The third-order valence-electron chi connectivity index (χ3n) is 4.39. The van der Waals surface area contributed by atoms with E-state index in [9.17, 15) is 4.79 Å². The van der Waals surface area contributed by atoms with E-state index in [0.29, 0.717) is 31.2 Å². The summed E-state index contributed by atoms with van der Waals surface area (Å²) in [5.41, 5.74) is 2.50. The lowest BCUT2D eigenvalue weighted by Gasteiger charge is -2.11. The van der Waals surface area contributed by atoms with Crippen molar-refractivity contribution in [2.45, 2.75) is 38.6 Å². The van der Waals surface area contributed by atoms with Crippen LogP contribution in [0.3, 0.4) is 0 Å². The molecule has 2 aromatic heterocycles. The van der Waals surface area contributed by atoms with Crippen molar-refractivity contribution in [1.82, 2.24) is 25.4 Å². The van der Waals surface area contributed by atoms with Crippen molar-refractivity contribution in [1.29, 1.82) is 0 Å². The Kier molecular flexibility index (Phi) is 5.65. The molecule has 2 aromatic rings. The molecule has 0 spiro atoms. The predicted molar refractivity (Wildman–Crippen MR) is 97.0 cm³/mol. The normalized spacial score (nSPS) is 14.4. The van der Waals surface area contributed by atoms with Crippen LogP contribution in [0.1, 0.15) is 54.7 Å². The molecule has 1 saturated carbocycles. The Hall–Kier alpha value is -1.99. The van der Waals surface area contributed by atoms with Crippen LogP contribution in [0.5, 0.6) is 0 Å². The highest BCUT2D eigenvalue weighted by molar-refractivity contribution is 6.05. The first-order valence-electron chi connectivity index (χ1n) is 8.97. The largest absolute Gasteiger partial charge is 0.383 e. The first-order valence-corrected chi connectivity index (χ1v) is 8.97. The average molecular weight is 345 g/mol. The van der Waals surface area contributed by atoms with Crippen LogP contribution in [0, 0.1) is 0 Å². The second-order valence-corrected chi connectivity index (χ2v) is 6.79. The van der Waals surface area contributed by atoms with Gasteiger partial charge < -0.3 is 15.4 Å². The highest BCUT2D eigenvalue weighted by Gasteiger charge is 2.28. The summed E-state index contributed by atoms with van der Waals surface area (Å²) in [5, 5.41) is 11.5. The number of nitrogens with zero attached hydrogens (tertiary/aromatic N) is 3. The van der Waals surface area contributed by atoms with E-state index in [1.54, 1.807) is 13.3 Å². The molecule has 2 N–H and O–H groups in total. The van der Waals surface area contributed by atoms with Crippen molar-refractivity contribution in [3.63, 3.8) is 0 Å². The molecule has 7 nitrogen and oxygen atoms in total. The van der Waals surface area contributed by atoms with E-state index < -0.39 is 0 Å². The van der Waals surface area contributed by atoms with Crippen LogP contribution < -0.4 is 10.6 Å². The van der Waals surface area contributed by atoms with Crippen molar-refractivity contribution in [2.75, 3.05) is 33.4 Å². The van der Waals surface area contributed by atoms with Crippen LogP contribution in [0.25, 0.3) is 11.0 Å². The summed E-state index contributed by atoms with van der Waals surface area (Å²) in [7, 11) is 1.67. The fraction of sp³-hybridized carbons (Fsp3) is 0.611. The Bertz CT molecular complexity index is 736. The van der Waals surface area contributed by atoms with Gasteiger partial charge in [0.05, 0.1) is 23.8 Å². The van der Waals surface area contributed by atoms with Gasteiger partial charge in [0.1, 0.15) is 0 Å². The Morgan fingerprint density at radius 3 is 2.84 bits per heavy atom. The van der Waals surface area contributed by atoms with E-state index in [2.05, 4.69) is 29.6 Å². The summed E-state index contributed by atoms with van der Waals surface area (Å²) >= 11 is 0. The quantitative estimate of drug-likeness (QED) is 0.678. The second kappa shape index (κ2) is 7.93. The molecular weight excluding hydrogens is 318 g/mol. The molecule has 0 radical (unpaired) electrons. The highest BCUT2D eigenvalue weighted by atomic mass is 16.5. The van der Waals surface area contributed by atoms with Crippen molar-refractivity contribution in [3.05, 3.63) is 23.5 Å². The molecule has 1 aliphatic carbocycles. The first kappa shape index (κ1) is 17.8. The molecule has 7 heteroatoms. The van der Waals surface area contributed by atoms with Gasteiger partial charge in [-0.3, -0.25) is 4.79 Å². The highest BCUT2D eigenvalue weighted by Crippen LogP contribution is 2.40. The number of aromatic nitrogens is 3. The zero-order valence-electron chi connectivity index (χ0n) is 15.2. The fourth-order valence-electron chi connectivity index (χ4n) is 2.85. The molecule has 0 unspecified atom stereocenters. The monoisotopic (exact) mass is 345 g/mol. The van der Waals surface area contributed by atoms with Gasteiger partial charge >= 0.3 is 0 Å². The predicted octanol–water partition coefficient (Wildman–Crippen LogP) is 1.86. The van der Waals surface area contributed by atoms with Crippen LogP contribution in [-0.4, -0.2) is 54.0 Å². The summed E-state index contributed by atoms with van der Waals surface area (Å²) in [6, 6.07) is 2.15. The standard InChI is InChI=1S/C18H27N5O2/c1-12(2)23-17-15(11-21-23)14(10-16(22-17)13-4-5-13)18(24)20-7-6-19-8-9-25-3/h10-13,19H,4-9H2,1-3H3,(H,20,24). The lowest BCUT2D eigenvalue weighted by atomic mass is 10.1. The van der Waals surface area contributed by atoms with Gasteiger partial charge in [0.25, 0.3) is 5.91 Å². The Labute approximate surface area is 148 Å². The summed E-state index contributed by atoms with van der Waals surface area (Å²) in [5.74, 6) is 0.424. The van der Waals surface area contributed by atoms with Crippen LogP contribution in [0.15, 0.2) is 12.3 Å². The van der Waals surface area contributed by atoms with Gasteiger partial charge in [0, 0.05) is 44.4 Å². The minimum atomic E-state index is -0.0638. The van der Waals surface area contributed by atoms with Gasteiger partial charge in [-0.1, -0.05) is 0 Å². The molecule has 25 heavy (non-hydrogen) atoms. The van der Waals surface area contributed by atoms with Gasteiger partial charge in [-0.2, -0.15) is 5.10 Å². The number of hydrogen-bond donors (Lipinski definition) is 2. The van der Waals surface area contributed by atoms with Gasteiger partial charge in [0.2, 0.25) is 0 Å². The molecular formula is C18H27N5O2. The van der Waals surface area contributed by atoms with Gasteiger partial charge in [-0.15, -0.1) is 0 Å². The smallest absolute Gasteiger partial charge is 0.252 e. The molecule has 136 valence electrons. The number of carbonyl (C=O) groups is 1. The molecule has 0 aromatic carbocycles. The minimum absolute atomic E-state index is 0.0638. The molecule has 0 atom stereocenters. The molecule has 0 saturated heterocycles. The number of amides is 1. The van der Waals surface area contributed by atoms with Crippen LogP contribution >= 0.6 is 0 Å². The van der Waals surface area contributed by atoms with Crippen molar-refractivity contribution >= 4 is 16.9 Å². The van der Waals surface area contributed by atoms with Gasteiger partial charge in [-0.25, -0.2) is 9.67 Å². The second-order valence-electron chi connectivity index (χ2n) is 6.79. The number of pyridine rings is 1. The van der Waals surface area contributed by atoms with Gasteiger partial charge in [0.15, 0.2) is 5.65 Å². The molecule has 1 aliphatic rings. The topological polar surface area (TPSA) is 81.1 Å². The lowest BCUT2D eigenvalue weighted by molar-refractivity contribution is 0.0955. The van der Waals surface area contributed by atoms with E-state index in [1.807, 2.05) is 10.7 Å². The number of fused-ring (bicyclic) bond motifs is 1. The number of rotatable bonds is 9. The van der Waals surface area contributed by atoms with Crippen LogP contribution in [0.2, 0.25) is 0 Å². The zero-order chi connectivity index (χ0) is 17.8. The maximum Gasteiger partial charge on any atom is 0.252 e. The van der Waals surface area contributed by atoms with Gasteiger partial charge in [-0.05, 0) is 32.8 Å². The Morgan fingerprint density at radius 2 is 2.16 bits per heavy atom. The molecule has 2 heterocycles. The van der Waals surface area contributed by atoms with E-state index >= 15 is 0 Å². The van der Waals surface area contributed by atoms with Crippen LogP contribution in [-0.2, 0) is 4.74 Å². The number of ether oxygens (including phenoxy) is 1. The number of carbonyl (C=O) groups excluding carboxylic acids is 1. The van der Waals surface area contributed by atoms with Crippen molar-refractivity contribution < 1.29 is 9.53 Å². The summed E-state index contributed by atoms with van der Waals surface area (Å²) in [6.45, 7) is 6.87.